The second kappa shape index (κ2) is 3.95. The van der Waals surface area contributed by atoms with Crippen molar-refractivity contribution in [2.75, 3.05) is 21.1 Å². The molecule has 78 valence electrons. The lowest BCUT2D eigenvalue weighted by molar-refractivity contribution is -0.0641. The van der Waals surface area contributed by atoms with Crippen LogP contribution >= 0.6 is 0 Å². The summed E-state index contributed by atoms with van der Waals surface area (Å²) in [4.78, 5) is 2.43. The number of hydrogen-bond acceptors (Lipinski definition) is 3. The zero-order valence-corrected chi connectivity index (χ0v) is 9.78. The third kappa shape index (κ3) is 2.03. The first-order valence-electron chi connectivity index (χ1n) is 5.12. The van der Waals surface area contributed by atoms with E-state index in [1.165, 1.54) is 6.42 Å². The summed E-state index contributed by atoms with van der Waals surface area (Å²) in [6.07, 6.45) is 1.73. The van der Waals surface area contributed by atoms with Crippen molar-refractivity contribution < 1.29 is 0 Å². The van der Waals surface area contributed by atoms with Crippen LogP contribution in [-0.4, -0.2) is 54.3 Å². The lowest BCUT2D eigenvalue weighted by Crippen LogP contribution is -2.49. The molecule has 1 aliphatic heterocycles. The molecule has 3 nitrogen and oxygen atoms in total. The summed E-state index contributed by atoms with van der Waals surface area (Å²) in [6.45, 7) is 6.85. The molecule has 0 aliphatic carbocycles. The van der Waals surface area contributed by atoms with E-state index in [0.717, 1.165) is 0 Å². The Morgan fingerprint density at radius 2 is 1.38 bits per heavy atom. The van der Waals surface area contributed by atoms with Crippen LogP contribution in [-0.2, 0) is 0 Å². The highest BCUT2D eigenvalue weighted by atomic mass is 15.7. The van der Waals surface area contributed by atoms with Gasteiger partial charge >= 0.3 is 0 Å². The summed E-state index contributed by atoms with van der Waals surface area (Å²) < 4.78 is 0. The Balaban J connectivity index is 2.79. The van der Waals surface area contributed by atoms with Crippen molar-refractivity contribution in [3.63, 3.8) is 0 Å². The maximum Gasteiger partial charge on any atom is 0.0728 e. The number of hydrogen-bond donors (Lipinski definition) is 0. The minimum atomic E-state index is 0.491. The van der Waals surface area contributed by atoms with Gasteiger partial charge in [0, 0.05) is 26.2 Å². The smallest absolute Gasteiger partial charge is 0.0728 e. The van der Waals surface area contributed by atoms with Gasteiger partial charge in [0.1, 0.15) is 0 Å². The maximum absolute atomic E-state index is 2.43. The van der Waals surface area contributed by atoms with Crippen LogP contribution in [0.15, 0.2) is 0 Å². The second-order valence-electron chi connectivity index (χ2n) is 4.38. The molecule has 0 aromatic rings. The van der Waals surface area contributed by atoms with Gasteiger partial charge in [-0.15, -0.1) is 0 Å². The highest BCUT2D eigenvalue weighted by molar-refractivity contribution is 4.78. The van der Waals surface area contributed by atoms with Gasteiger partial charge in [-0.05, 0) is 34.2 Å². The average molecular weight is 185 g/mol. The zero-order valence-electron chi connectivity index (χ0n) is 9.78. The fraction of sp³-hybridized carbons (Fsp3) is 1.00. The maximum atomic E-state index is 2.43. The molecule has 3 atom stereocenters. The molecule has 1 fully saturated rings. The molecule has 1 heterocycles. The molecular formula is C10H23N3. The first kappa shape index (κ1) is 11.0. The Hall–Kier alpha value is -0.120. The van der Waals surface area contributed by atoms with Crippen LogP contribution in [0, 0.1) is 0 Å². The van der Waals surface area contributed by atoms with Gasteiger partial charge < -0.3 is 0 Å². The molecular weight excluding hydrogens is 162 g/mol. The summed E-state index contributed by atoms with van der Waals surface area (Å²) >= 11 is 0. The molecule has 0 aromatic heterocycles. The topological polar surface area (TPSA) is 9.72 Å². The molecule has 3 unspecified atom stereocenters. The van der Waals surface area contributed by atoms with Crippen LogP contribution in [0.2, 0.25) is 0 Å². The third-order valence-electron chi connectivity index (χ3n) is 3.64. The van der Waals surface area contributed by atoms with Crippen molar-refractivity contribution in [3.8, 4) is 0 Å². The van der Waals surface area contributed by atoms with Gasteiger partial charge in [0.25, 0.3) is 0 Å². The van der Waals surface area contributed by atoms with Crippen LogP contribution in [0.25, 0.3) is 0 Å². The van der Waals surface area contributed by atoms with E-state index in [9.17, 15) is 0 Å². The first-order chi connectivity index (χ1) is 5.95. The minimum absolute atomic E-state index is 0.491. The van der Waals surface area contributed by atoms with E-state index in [1.807, 2.05) is 0 Å². The quantitative estimate of drug-likeness (QED) is 0.562. The van der Waals surface area contributed by atoms with Crippen molar-refractivity contribution in [2.24, 2.45) is 0 Å². The predicted molar refractivity (Wildman–Crippen MR) is 56.3 cm³/mol. The average Bonchev–Trinajstić information content (AvgIpc) is 2.15. The molecule has 1 aliphatic rings. The summed E-state index contributed by atoms with van der Waals surface area (Å²) in [5, 5.41) is 4.65. The first-order valence-corrected chi connectivity index (χ1v) is 5.12. The standard InChI is InChI=1S/C10H23N3/c1-8-7-9(2)12(5)13(6)10(3)11(8)4/h8-10H,7H2,1-6H3. The van der Waals surface area contributed by atoms with E-state index in [0.29, 0.717) is 18.2 Å². The van der Waals surface area contributed by atoms with Crippen LogP contribution in [0.1, 0.15) is 27.2 Å². The SMILES string of the molecule is CC1CC(C)N(C)N(C)C(C)N1C. The van der Waals surface area contributed by atoms with Crippen molar-refractivity contribution >= 4 is 0 Å². The van der Waals surface area contributed by atoms with Crippen molar-refractivity contribution in [1.82, 2.24) is 14.9 Å². The van der Waals surface area contributed by atoms with Crippen molar-refractivity contribution in [2.45, 2.75) is 45.4 Å². The summed E-state index contributed by atoms with van der Waals surface area (Å²) in [5.41, 5.74) is 0. The van der Waals surface area contributed by atoms with E-state index in [4.69, 9.17) is 0 Å². The van der Waals surface area contributed by atoms with Crippen LogP contribution in [0.4, 0.5) is 0 Å². The van der Waals surface area contributed by atoms with Gasteiger partial charge in [0.15, 0.2) is 0 Å². The van der Waals surface area contributed by atoms with E-state index in [1.54, 1.807) is 0 Å². The summed E-state index contributed by atoms with van der Waals surface area (Å²) in [5.74, 6) is 0. The minimum Gasteiger partial charge on any atom is -0.287 e. The van der Waals surface area contributed by atoms with E-state index in [2.05, 4.69) is 56.8 Å². The fourth-order valence-electron chi connectivity index (χ4n) is 2.02. The molecule has 3 heteroatoms. The van der Waals surface area contributed by atoms with Crippen LogP contribution in [0.5, 0.6) is 0 Å². The highest BCUT2D eigenvalue weighted by Crippen LogP contribution is 2.20. The molecule has 0 bridgehead atoms. The molecule has 1 saturated heterocycles. The zero-order chi connectivity index (χ0) is 10.2. The molecule has 0 spiro atoms. The van der Waals surface area contributed by atoms with Crippen molar-refractivity contribution in [3.05, 3.63) is 0 Å². The van der Waals surface area contributed by atoms with Crippen LogP contribution < -0.4 is 0 Å². The predicted octanol–water partition coefficient (Wildman–Crippen LogP) is 1.22. The van der Waals surface area contributed by atoms with E-state index >= 15 is 0 Å². The fourth-order valence-corrected chi connectivity index (χ4v) is 2.02. The lowest BCUT2D eigenvalue weighted by atomic mass is 10.1. The van der Waals surface area contributed by atoms with Gasteiger partial charge in [-0.25, -0.2) is 10.0 Å². The van der Waals surface area contributed by atoms with Gasteiger partial charge in [0.2, 0.25) is 0 Å². The van der Waals surface area contributed by atoms with Gasteiger partial charge in [-0.1, -0.05) is 0 Å². The van der Waals surface area contributed by atoms with Crippen LogP contribution in [0.3, 0.4) is 0 Å². The van der Waals surface area contributed by atoms with E-state index < -0.39 is 0 Å². The lowest BCUT2D eigenvalue weighted by Gasteiger charge is -2.37. The Labute approximate surface area is 82.3 Å². The second-order valence-corrected chi connectivity index (χ2v) is 4.38. The Morgan fingerprint density at radius 3 is 1.92 bits per heavy atom. The number of hydrazine groups is 1. The Kier molecular flexibility index (Phi) is 3.33. The van der Waals surface area contributed by atoms with E-state index in [-0.39, 0.29) is 0 Å². The molecule has 0 saturated carbocycles. The van der Waals surface area contributed by atoms with Crippen molar-refractivity contribution in [1.29, 1.82) is 0 Å². The number of rotatable bonds is 0. The normalized spacial score (nSPS) is 40.6. The summed E-state index contributed by atoms with van der Waals surface area (Å²) in [7, 11) is 6.54. The largest absolute Gasteiger partial charge is 0.287 e. The Bertz CT molecular complexity index is 154. The third-order valence-corrected chi connectivity index (χ3v) is 3.64. The monoisotopic (exact) mass is 185 g/mol. The molecule has 13 heavy (non-hydrogen) atoms. The molecule has 0 amide bonds. The highest BCUT2D eigenvalue weighted by Gasteiger charge is 2.29. The van der Waals surface area contributed by atoms with Gasteiger partial charge in [0.05, 0.1) is 6.17 Å². The van der Waals surface area contributed by atoms with Gasteiger partial charge in [-0.3, -0.25) is 4.90 Å². The molecule has 0 aromatic carbocycles. The molecule has 0 N–H and O–H groups in total. The molecule has 1 rings (SSSR count). The Morgan fingerprint density at radius 1 is 0.846 bits per heavy atom. The molecule has 0 radical (unpaired) electrons. The number of nitrogens with zero attached hydrogens (tertiary/aromatic N) is 3. The van der Waals surface area contributed by atoms with Gasteiger partial charge in [-0.2, -0.15) is 0 Å². The summed E-state index contributed by atoms with van der Waals surface area (Å²) in [6, 6.07) is 1.30.